The maximum absolute atomic E-state index is 3.05. The minimum absolute atomic E-state index is 0.105. The lowest BCUT2D eigenvalue weighted by Crippen LogP contribution is -2.43. The van der Waals surface area contributed by atoms with Crippen molar-refractivity contribution in [1.29, 1.82) is 0 Å². The van der Waals surface area contributed by atoms with Crippen molar-refractivity contribution in [3.63, 3.8) is 0 Å². The number of hydrogen-bond acceptors (Lipinski definition) is 2. The summed E-state index contributed by atoms with van der Waals surface area (Å²) in [6.45, 7) is 15.7. The quantitative estimate of drug-likeness (QED) is 0.280. The molecule has 11 aliphatic carbocycles. The molecule has 13 aliphatic rings. The van der Waals surface area contributed by atoms with Crippen LogP contribution < -0.4 is 0 Å². The van der Waals surface area contributed by atoms with Crippen LogP contribution in [0.25, 0.3) is 11.4 Å². The molecule has 0 N–H and O–H groups in total. The predicted molar refractivity (Wildman–Crippen MR) is 272 cm³/mol. The first-order valence-electron chi connectivity index (χ1n) is 27.1. The van der Waals surface area contributed by atoms with Crippen LogP contribution in [-0.2, 0) is 12.8 Å². The van der Waals surface area contributed by atoms with Gasteiger partial charge in [0.05, 0.1) is 17.4 Å². The maximum atomic E-state index is 3.05. The molecule has 3 heterocycles. The molecule has 0 amide bonds. The summed E-state index contributed by atoms with van der Waals surface area (Å²) in [5.41, 5.74) is 28.1. The molecule has 1 aromatic rings. The van der Waals surface area contributed by atoms with E-state index in [1.807, 2.05) is 0 Å². The fourth-order valence-electron chi connectivity index (χ4n) is 17.5. The molecule has 340 valence electrons. The number of rotatable bonds is 3. The van der Waals surface area contributed by atoms with Crippen LogP contribution in [-0.4, -0.2) is 14.4 Å². The van der Waals surface area contributed by atoms with Crippen molar-refractivity contribution in [2.75, 3.05) is 0 Å². The number of fused-ring (bicyclic) bond motifs is 13. The Hall–Kier alpha value is -4.50. The topological polar surface area (TPSA) is 11.4 Å². The summed E-state index contributed by atoms with van der Waals surface area (Å²) in [6, 6.07) is 0.276. The predicted octanol–water partition coefficient (Wildman–Crippen LogP) is 16.0. The summed E-state index contributed by atoms with van der Waals surface area (Å²) in [6.07, 6.45) is 55.2. The lowest BCUT2D eigenvalue weighted by molar-refractivity contribution is 0.237. The van der Waals surface area contributed by atoms with Gasteiger partial charge in [-0.05, 0) is 185 Å². The minimum Gasteiger partial charge on any atom is -0.337 e. The van der Waals surface area contributed by atoms with E-state index in [0.29, 0.717) is 23.7 Å². The van der Waals surface area contributed by atoms with E-state index in [0.717, 1.165) is 44.4 Å². The molecule has 14 rings (SSSR count). The second-order valence-corrected chi connectivity index (χ2v) is 24.3. The van der Waals surface area contributed by atoms with Gasteiger partial charge in [-0.3, -0.25) is 0 Å². The first-order chi connectivity index (χ1) is 32.1. The van der Waals surface area contributed by atoms with E-state index in [2.05, 4.69) is 135 Å². The summed E-state index contributed by atoms with van der Waals surface area (Å²) >= 11 is 0. The second-order valence-electron chi connectivity index (χ2n) is 24.3. The van der Waals surface area contributed by atoms with Gasteiger partial charge < -0.3 is 14.4 Å². The van der Waals surface area contributed by atoms with Crippen molar-refractivity contribution in [2.45, 2.75) is 163 Å². The van der Waals surface area contributed by atoms with Gasteiger partial charge in [-0.1, -0.05) is 119 Å². The smallest absolute Gasteiger partial charge is 0.0756 e. The van der Waals surface area contributed by atoms with Crippen LogP contribution in [0.15, 0.2) is 141 Å². The Kier molecular flexibility index (Phi) is 8.77. The van der Waals surface area contributed by atoms with Crippen LogP contribution in [0.4, 0.5) is 0 Å². The zero-order valence-electron chi connectivity index (χ0n) is 41.0. The van der Waals surface area contributed by atoms with E-state index >= 15 is 0 Å². The molecule has 1 aromatic heterocycles. The van der Waals surface area contributed by atoms with Gasteiger partial charge in [-0.25, -0.2) is 0 Å². The maximum Gasteiger partial charge on any atom is 0.0756 e. The van der Waals surface area contributed by atoms with Gasteiger partial charge in [-0.15, -0.1) is 0 Å². The summed E-state index contributed by atoms with van der Waals surface area (Å²) in [4.78, 5) is 5.99. The Morgan fingerprint density at radius 1 is 0.682 bits per heavy atom. The Balaban J connectivity index is 1.04. The minimum atomic E-state index is -0.113. The molecule has 66 heavy (non-hydrogen) atoms. The molecule has 1 fully saturated rings. The average Bonchev–Trinajstić information content (AvgIpc) is 4.01. The van der Waals surface area contributed by atoms with Gasteiger partial charge in [0, 0.05) is 62.4 Å². The highest BCUT2D eigenvalue weighted by molar-refractivity contribution is 5.85. The van der Waals surface area contributed by atoms with Crippen LogP contribution in [0.3, 0.4) is 0 Å². The normalized spacial score (nSPS) is 33.7. The molecule has 0 radical (unpaired) electrons. The molecular weight excluding hydrogens is 799 g/mol. The van der Waals surface area contributed by atoms with Crippen molar-refractivity contribution < 1.29 is 0 Å². The van der Waals surface area contributed by atoms with Crippen LogP contribution in [0.2, 0.25) is 0 Å². The van der Waals surface area contributed by atoms with E-state index in [4.69, 9.17) is 0 Å². The van der Waals surface area contributed by atoms with Gasteiger partial charge in [0.2, 0.25) is 0 Å². The second kappa shape index (κ2) is 14.3. The van der Waals surface area contributed by atoms with Crippen molar-refractivity contribution >= 4 is 11.4 Å². The van der Waals surface area contributed by atoms with Gasteiger partial charge in [0.1, 0.15) is 0 Å². The van der Waals surface area contributed by atoms with Crippen LogP contribution in [0, 0.1) is 45.8 Å². The van der Waals surface area contributed by atoms with E-state index < -0.39 is 0 Å². The zero-order valence-corrected chi connectivity index (χ0v) is 41.0. The first kappa shape index (κ1) is 40.6. The molecule has 1 saturated carbocycles. The summed E-state index contributed by atoms with van der Waals surface area (Å²) in [5, 5.41) is 0. The van der Waals surface area contributed by atoms with Crippen molar-refractivity contribution in [2.24, 2.45) is 45.8 Å². The van der Waals surface area contributed by atoms with Crippen molar-refractivity contribution in [1.82, 2.24) is 14.4 Å². The summed E-state index contributed by atoms with van der Waals surface area (Å²) < 4.78 is 2.97. The van der Waals surface area contributed by atoms with Gasteiger partial charge >= 0.3 is 0 Å². The number of hydrogen-bond donors (Lipinski definition) is 0. The van der Waals surface area contributed by atoms with Gasteiger partial charge in [0.25, 0.3) is 0 Å². The molecule has 0 spiro atoms. The molecule has 6 atom stereocenters. The Labute approximate surface area is 396 Å². The van der Waals surface area contributed by atoms with Crippen LogP contribution >= 0.6 is 0 Å². The summed E-state index contributed by atoms with van der Waals surface area (Å²) in [5.74, 6) is 2.93. The van der Waals surface area contributed by atoms with Crippen molar-refractivity contribution in [3.05, 3.63) is 163 Å². The van der Waals surface area contributed by atoms with Crippen molar-refractivity contribution in [3.8, 4) is 0 Å². The Morgan fingerprint density at radius 3 is 2.35 bits per heavy atom. The standard InChI is InChI=1S/C63H73N3/c1-61(2)47-26-14-10-22-41(47)43-34-32-39(36-50(43)61)65-52-29-17-12-24-45(52)55-57-60(64(38-20-8-7-9-21-38)54-31-19-16-28-49(54)63(57,5)6)59-56(58(55)65)46-25-13-18-30-53(46)66(59)40-33-35-44-42-23-11-15-27-48(42)62(3,4)51(44)37-40/h7-8,10-11,16,20,22-23,28,32-33,36-37,42-44,48,55,58H,9,12-15,17-19,21,24-27,29-31,34-35H2,1-6H3. The molecule has 2 aliphatic heterocycles. The van der Waals surface area contributed by atoms with E-state index in [1.54, 1.807) is 78.6 Å². The SMILES string of the molecule is CC1(C)C2=CC(N3C4=C(CCCC4)C4C5=C(c6c(c7c(n6C6=CCC8C(=C6)C(C)(C)C6CCC=CC86)CCCC7)C43)N(C3=CC=CCC3)C3=C(C=CCC3)C5(C)C)=CCC2C2=C1CCC=C2. The molecule has 6 unspecified atom stereocenters. The van der Waals surface area contributed by atoms with E-state index in [9.17, 15) is 0 Å². The first-order valence-corrected chi connectivity index (χ1v) is 27.1. The largest absolute Gasteiger partial charge is 0.337 e. The molecule has 0 saturated heterocycles. The van der Waals surface area contributed by atoms with Gasteiger partial charge in [0.15, 0.2) is 0 Å². The van der Waals surface area contributed by atoms with E-state index in [-0.39, 0.29) is 22.3 Å². The van der Waals surface area contributed by atoms with E-state index in [1.165, 1.54) is 94.1 Å². The molecule has 0 bridgehead atoms. The third-order valence-corrected chi connectivity index (χ3v) is 20.3. The summed E-state index contributed by atoms with van der Waals surface area (Å²) in [7, 11) is 0. The fraction of sp³-hybridized carbons (Fsp3) is 0.524. The molecule has 3 nitrogen and oxygen atoms in total. The third kappa shape index (κ3) is 5.27. The number of allylic oxidation sites excluding steroid dienone is 22. The van der Waals surface area contributed by atoms with Gasteiger partial charge in [-0.2, -0.15) is 0 Å². The van der Waals surface area contributed by atoms with Crippen LogP contribution in [0.5, 0.6) is 0 Å². The Bertz CT molecular complexity index is 2820. The Morgan fingerprint density at radius 2 is 1.47 bits per heavy atom. The highest BCUT2D eigenvalue weighted by Gasteiger charge is 2.59. The number of aromatic nitrogens is 1. The fourth-order valence-corrected chi connectivity index (χ4v) is 17.5. The highest BCUT2D eigenvalue weighted by Crippen LogP contribution is 2.69. The number of nitrogens with zero attached hydrogens (tertiary/aromatic N) is 3. The average molecular weight is 872 g/mol. The highest BCUT2D eigenvalue weighted by atomic mass is 15.3. The zero-order chi connectivity index (χ0) is 44.4. The lowest BCUT2D eigenvalue weighted by atomic mass is 9.60. The molecule has 0 aromatic carbocycles. The molecular formula is C63H73N3. The van der Waals surface area contributed by atoms with Crippen LogP contribution in [0.1, 0.15) is 173 Å². The monoisotopic (exact) mass is 872 g/mol. The third-order valence-electron chi connectivity index (χ3n) is 20.3. The molecule has 3 heteroatoms. The lowest BCUT2D eigenvalue weighted by Gasteiger charge is -2.52.